The third-order valence-electron chi connectivity index (χ3n) is 4.86. The minimum absolute atomic E-state index is 0.0407. The van der Waals surface area contributed by atoms with Gasteiger partial charge >= 0.3 is 0 Å². The largest absolute Gasteiger partial charge is 0.368 e. The van der Waals surface area contributed by atoms with Crippen molar-refractivity contribution < 1.29 is 16.8 Å². The number of hydrogen-bond donors (Lipinski definition) is 1. The third-order valence-corrected chi connectivity index (χ3v) is 9.77. The molecule has 7 nitrogen and oxygen atoms in total. The molecule has 3 rings (SSSR count). The maximum absolute atomic E-state index is 13.0. The van der Waals surface area contributed by atoms with Crippen LogP contribution in [0.25, 0.3) is 11.3 Å². The molecule has 0 atom stereocenters. The Kier molecular flexibility index (Phi) is 7.30. The maximum atomic E-state index is 13.0. The van der Waals surface area contributed by atoms with E-state index in [0.29, 0.717) is 26.8 Å². The molecule has 0 fully saturated rings. The van der Waals surface area contributed by atoms with Gasteiger partial charge in [0.2, 0.25) is 5.95 Å². The molecule has 0 amide bonds. The number of hydrogen-bond acceptors (Lipinski definition) is 8. The Labute approximate surface area is 200 Å². The molecular formula is C23H29N3O4S3. The molecule has 0 aliphatic heterocycles. The molecular weight excluding hydrogens is 478 g/mol. The molecule has 0 saturated heterocycles. The van der Waals surface area contributed by atoms with E-state index in [1.165, 1.54) is 17.6 Å². The van der Waals surface area contributed by atoms with Crippen molar-refractivity contribution in [2.75, 3.05) is 17.7 Å². The van der Waals surface area contributed by atoms with Crippen molar-refractivity contribution in [3.63, 3.8) is 0 Å². The summed E-state index contributed by atoms with van der Waals surface area (Å²) in [4.78, 5) is 8.91. The van der Waals surface area contributed by atoms with Crippen LogP contribution >= 0.6 is 11.3 Å². The van der Waals surface area contributed by atoms with Gasteiger partial charge < -0.3 is 5.73 Å². The van der Waals surface area contributed by atoms with E-state index < -0.39 is 19.7 Å². The van der Waals surface area contributed by atoms with Crippen molar-refractivity contribution >= 4 is 37.0 Å². The molecule has 10 heteroatoms. The summed E-state index contributed by atoms with van der Waals surface area (Å²) in [6, 6.07) is 10.4. The van der Waals surface area contributed by atoms with Gasteiger partial charge in [-0.15, -0.1) is 11.3 Å². The van der Waals surface area contributed by atoms with Gasteiger partial charge in [0.25, 0.3) is 0 Å². The molecule has 0 spiro atoms. The first-order chi connectivity index (χ1) is 15.2. The lowest BCUT2D eigenvalue weighted by Crippen LogP contribution is -2.20. The number of aromatic nitrogens is 2. The molecule has 3 aromatic rings. The van der Waals surface area contributed by atoms with Crippen LogP contribution < -0.4 is 5.73 Å². The van der Waals surface area contributed by atoms with Crippen LogP contribution in [0.1, 0.15) is 38.4 Å². The topological polar surface area (TPSA) is 120 Å². The van der Waals surface area contributed by atoms with E-state index in [-0.39, 0.29) is 17.1 Å². The Morgan fingerprint density at radius 1 is 0.970 bits per heavy atom. The Morgan fingerprint density at radius 2 is 1.64 bits per heavy atom. The Balaban J connectivity index is 1.77. The van der Waals surface area contributed by atoms with E-state index in [4.69, 9.17) is 5.73 Å². The van der Waals surface area contributed by atoms with Crippen LogP contribution in [0.3, 0.4) is 0 Å². The van der Waals surface area contributed by atoms with Crippen molar-refractivity contribution in [2.45, 2.75) is 49.1 Å². The normalized spacial score (nSPS) is 12.7. The summed E-state index contributed by atoms with van der Waals surface area (Å²) in [5.74, 6) is 0.143. The molecule has 0 saturated carbocycles. The minimum Gasteiger partial charge on any atom is -0.368 e. The first kappa shape index (κ1) is 25.3. The number of nitrogens with zero attached hydrogens (tertiary/aromatic N) is 2. The molecule has 1 aromatic carbocycles. The van der Waals surface area contributed by atoms with Crippen LogP contribution in [0.5, 0.6) is 0 Å². The SMILES string of the molecule is CC(C)(C)CS(=O)(=O)c1sccc1-c1cc(CCCc2ccc(S(C)(=O)=O)cc2)nc(N)n1. The molecule has 0 bridgehead atoms. The molecule has 0 radical (unpaired) electrons. The minimum atomic E-state index is -3.47. The van der Waals surface area contributed by atoms with E-state index >= 15 is 0 Å². The molecule has 2 heterocycles. The Hall–Kier alpha value is -2.30. The van der Waals surface area contributed by atoms with E-state index in [1.807, 2.05) is 32.9 Å². The van der Waals surface area contributed by atoms with Crippen molar-refractivity contribution in [3.8, 4) is 11.3 Å². The predicted octanol–water partition coefficient (Wildman–Crippen LogP) is 4.19. The van der Waals surface area contributed by atoms with Crippen molar-refractivity contribution in [1.29, 1.82) is 0 Å². The van der Waals surface area contributed by atoms with Crippen LogP contribution in [0, 0.1) is 5.41 Å². The van der Waals surface area contributed by atoms with Crippen LogP contribution in [-0.2, 0) is 32.5 Å². The zero-order valence-corrected chi connectivity index (χ0v) is 21.6. The summed E-state index contributed by atoms with van der Waals surface area (Å²) < 4.78 is 49.5. The van der Waals surface area contributed by atoms with Gasteiger partial charge in [0.15, 0.2) is 19.7 Å². The Morgan fingerprint density at radius 3 is 2.24 bits per heavy atom. The van der Waals surface area contributed by atoms with Gasteiger partial charge in [-0.1, -0.05) is 32.9 Å². The lowest BCUT2D eigenvalue weighted by Gasteiger charge is -2.18. The number of sulfone groups is 2. The fourth-order valence-corrected chi connectivity index (χ4v) is 7.49. The molecule has 0 unspecified atom stereocenters. The zero-order chi connectivity index (χ0) is 24.4. The van der Waals surface area contributed by atoms with Gasteiger partial charge in [-0.05, 0) is 59.9 Å². The summed E-state index contributed by atoms with van der Waals surface area (Å²) in [6.45, 7) is 5.69. The van der Waals surface area contributed by atoms with E-state index in [9.17, 15) is 16.8 Å². The number of thiophene rings is 1. The summed E-state index contributed by atoms with van der Waals surface area (Å²) in [6.07, 6.45) is 3.33. The second-order valence-corrected chi connectivity index (χ2v) is 14.4. The number of rotatable bonds is 8. The van der Waals surface area contributed by atoms with Gasteiger partial charge in [0.05, 0.1) is 16.3 Å². The first-order valence-corrected chi connectivity index (χ1v) is 14.9. The average Bonchev–Trinajstić information content (AvgIpc) is 3.16. The monoisotopic (exact) mass is 507 g/mol. The maximum Gasteiger partial charge on any atom is 0.220 e. The second-order valence-electron chi connectivity index (χ2n) is 9.31. The van der Waals surface area contributed by atoms with Crippen LogP contribution in [0.4, 0.5) is 5.95 Å². The molecule has 2 N–H and O–H groups in total. The van der Waals surface area contributed by atoms with Crippen LogP contribution in [0.2, 0.25) is 0 Å². The molecule has 2 aromatic heterocycles. The summed E-state index contributed by atoms with van der Waals surface area (Å²) in [5, 5.41) is 1.75. The van der Waals surface area contributed by atoms with Gasteiger partial charge in [0, 0.05) is 17.5 Å². The van der Waals surface area contributed by atoms with Crippen LogP contribution in [0.15, 0.2) is 50.9 Å². The van der Waals surface area contributed by atoms with Gasteiger partial charge in [-0.3, -0.25) is 0 Å². The van der Waals surface area contributed by atoms with E-state index in [0.717, 1.165) is 24.1 Å². The van der Waals surface area contributed by atoms with Crippen molar-refractivity contribution in [2.24, 2.45) is 5.41 Å². The number of nitrogen functional groups attached to an aromatic ring is 1. The first-order valence-electron chi connectivity index (χ1n) is 10.5. The molecule has 33 heavy (non-hydrogen) atoms. The Bertz CT molecular complexity index is 1340. The number of nitrogens with two attached hydrogens (primary N) is 1. The fraction of sp³-hybridized carbons (Fsp3) is 0.391. The van der Waals surface area contributed by atoms with Crippen molar-refractivity contribution in [3.05, 3.63) is 53.0 Å². The molecule has 178 valence electrons. The molecule has 0 aliphatic carbocycles. The summed E-state index contributed by atoms with van der Waals surface area (Å²) in [7, 11) is -6.68. The highest BCUT2D eigenvalue weighted by Gasteiger charge is 2.28. The highest BCUT2D eigenvalue weighted by Crippen LogP contribution is 2.34. The number of aryl methyl sites for hydroxylation is 2. The summed E-state index contributed by atoms with van der Waals surface area (Å²) in [5.41, 5.74) is 8.39. The summed E-state index contributed by atoms with van der Waals surface area (Å²) >= 11 is 1.19. The lowest BCUT2D eigenvalue weighted by atomic mass is 10.0. The van der Waals surface area contributed by atoms with E-state index in [2.05, 4.69) is 9.97 Å². The highest BCUT2D eigenvalue weighted by molar-refractivity contribution is 7.93. The highest BCUT2D eigenvalue weighted by atomic mass is 32.2. The lowest BCUT2D eigenvalue weighted by molar-refractivity contribution is 0.462. The number of benzene rings is 1. The number of anilines is 1. The quantitative estimate of drug-likeness (QED) is 0.485. The van der Waals surface area contributed by atoms with Gasteiger partial charge in [-0.25, -0.2) is 26.8 Å². The predicted molar refractivity (Wildman–Crippen MR) is 133 cm³/mol. The second kappa shape index (κ2) is 9.52. The standard InChI is InChI=1S/C23H29N3O4S3/c1-23(2,3)15-33(29,30)21-19(12-13-31-21)20-14-17(25-22(24)26-20)7-5-6-16-8-10-18(11-9-16)32(4,27)28/h8-14H,5-7,15H2,1-4H3,(H2,24,25,26). The zero-order valence-electron chi connectivity index (χ0n) is 19.2. The third kappa shape index (κ3) is 6.84. The fourth-order valence-electron chi connectivity index (χ4n) is 3.52. The van der Waals surface area contributed by atoms with Gasteiger partial charge in [0.1, 0.15) is 4.21 Å². The van der Waals surface area contributed by atoms with Crippen LogP contribution in [-0.4, -0.2) is 38.8 Å². The van der Waals surface area contributed by atoms with Crippen molar-refractivity contribution in [1.82, 2.24) is 9.97 Å². The van der Waals surface area contributed by atoms with E-state index in [1.54, 1.807) is 29.6 Å². The smallest absolute Gasteiger partial charge is 0.220 e. The van der Waals surface area contributed by atoms with Gasteiger partial charge in [-0.2, -0.15) is 0 Å². The average molecular weight is 508 g/mol. The molecule has 0 aliphatic rings.